The molecule has 2 rings (SSSR count). The van der Waals surface area contributed by atoms with Crippen molar-refractivity contribution in [3.63, 3.8) is 0 Å². The summed E-state index contributed by atoms with van der Waals surface area (Å²) in [6.07, 6.45) is 2.59. The Morgan fingerprint density at radius 1 is 1.27 bits per heavy atom. The second-order valence-corrected chi connectivity index (χ2v) is 6.10. The molecule has 0 saturated heterocycles. The predicted octanol–water partition coefficient (Wildman–Crippen LogP) is 2.35. The fourth-order valence-electron chi connectivity index (χ4n) is 2.79. The molecule has 1 saturated carbocycles. The molecule has 5 heteroatoms. The predicted molar refractivity (Wildman–Crippen MR) is 82.2 cm³/mol. The summed E-state index contributed by atoms with van der Waals surface area (Å²) < 4.78 is 5.36. The van der Waals surface area contributed by atoms with Crippen LogP contribution in [0.15, 0.2) is 30.3 Å². The number of ether oxygens (including phenoxy) is 1. The van der Waals surface area contributed by atoms with E-state index in [9.17, 15) is 14.7 Å². The highest BCUT2D eigenvalue weighted by Gasteiger charge is 2.42. The number of hydrogen-bond acceptors (Lipinski definition) is 3. The minimum Gasteiger partial charge on any atom is -0.480 e. The molecule has 1 fully saturated rings. The molecule has 1 aliphatic rings. The van der Waals surface area contributed by atoms with Crippen LogP contribution in [0.3, 0.4) is 0 Å². The number of benzene rings is 1. The Kier molecular flexibility index (Phi) is 5.55. The third kappa shape index (κ3) is 4.31. The van der Waals surface area contributed by atoms with Gasteiger partial charge < -0.3 is 15.2 Å². The van der Waals surface area contributed by atoms with Crippen molar-refractivity contribution in [3.8, 4) is 0 Å². The summed E-state index contributed by atoms with van der Waals surface area (Å²) in [5.74, 6) is -0.803. The molecule has 1 aromatic rings. The standard InChI is InChI=1S/C17H23NO4/c1-13-7-9-17(10-8-13,16(20)21)18-15(19)12-22-11-14-5-3-2-4-6-14/h2-6,13H,7-12H2,1H3,(H,18,19)(H,20,21). The number of aliphatic carboxylic acids is 1. The molecule has 0 bridgehead atoms. The van der Waals surface area contributed by atoms with Crippen LogP contribution in [0, 0.1) is 5.92 Å². The fraction of sp³-hybridized carbons (Fsp3) is 0.529. The first-order chi connectivity index (χ1) is 10.5. The first-order valence-electron chi connectivity index (χ1n) is 7.68. The molecule has 1 aliphatic carbocycles. The second-order valence-electron chi connectivity index (χ2n) is 6.10. The lowest BCUT2D eigenvalue weighted by atomic mass is 9.77. The van der Waals surface area contributed by atoms with Gasteiger partial charge in [0, 0.05) is 0 Å². The molecule has 5 nitrogen and oxygen atoms in total. The van der Waals surface area contributed by atoms with Crippen molar-refractivity contribution in [2.45, 2.75) is 44.8 Å². The van der Waals surface area contributed by atoms with Crippen molar-refractivity contribution in [1.29, 1.82) is 0 Å². The zero-order valence-electron chi connectivity index (χ0n) is 12.9. The summed E-state index contributed by atoms with van der Waals surface area (Å²) in [4.78, 5) is 23.6. The molecule has 0 atom stereocenters. The van der Waals surface area contributed by atoms with E-state index in [-0.39, 0.29) is 12.5 Å². The van der Waals surface area contributed by atoms with E-state index < -0.39 is 11.5 Å². The van der Waals surface area contributed by atoms with Crippen LogP contribution in [0.4, 0.5) is 0 Å². The van der Waals surface area contributed by atoms with Crippen LogP contribution in [-0.4, -0.2) is 29.1 Å². The van der Waals surface area contributed by atoms with Crippen molar-refractivity contribution in [3.05, 3.63) is 35.9 Å². The third-order valence-electron chi connectivity index (χ3n) is 4.26. The summed E-state index contributed by atoms with van der Waals surface area (Å²) in [5, 5.41) is 12.1. The number of amides is 1. The van der Waals surface area contributed by atoms with Gasteiger partial charge in [-0.05, 0) is 37.2 Å². The van der Waals surface area contributed by atoms with Gasteiger partial charge >= 0.3 is 5.97 Å². The van der Waals surface area contributed by atoms with Crippen LogP contribution in [0.25, 0.3) is 0 Å². The highest BCUT2D eigenvalue weighted by Crippen LogP contribution is 2.32. The van der Waals surface area contributed by atoms with E-state index in [0.29, 0.717) is 25.4 Å². The summed E-state index contributed by atoms with van der Waals surface area (Å²) in [6, 6.07) is 9.55. The monoisotopic (exact) mass is 305 g/mol. The minimum atomic E-state index is -1.13. The molecule has 2 N–H and O–H groups in total. The second kappa shape index (κ2) is 7.40. The number of carbonyl (C=O) groups excluding carboxylic acids is 1. The van der Waals surface area contributed by atoms with Crippen molar-refractivity contribution in [2.24, 2.45) is 5.92 Å². The molecule has 120 valence electrons. The van der Waals surface area contributed by atoms with Crippen LogP contribution in [0.2, 0.25) is 0 Å². The van der Waals surface area contributed by atoms with Crippen molar-refractivity contribution < 1.29 is 19.4 Å². The number of nitrogens with one attached hydrogen (secondary N) is 1. The maximum absolute atomic E-state index is 12.0. The third-order valence-corrected chi connectivity index (χ3v) is 4.26. The number of hydrogen-bond donors (Lipinski definition) is 2. The zero-order valence-corrected chi connectivity index (χ0v) is 12.9. The van der Waals surface area contributed by atoms with Gasteiger partial charge in [-0.2, -0.15) is 0 Å². The molecule has 1 amide bonds. The normalized spacial score (nSPS) is 24.7. The van der Waals surface area contributed by atoms with Crippen molar-refractivity contribution in [1.82, 2.24) is 5.32 Å². The smallest absolute Gasteiger partial charge is 0.329 e. The van der Waals surface area contributed by atoms with Gasteiger partial charge in [0.25, 0.3) is 0 Å². The molecule has 22 heavy (non-hydrogen) atoms. The van der Waals surface area contributed by atoms with E-state index in [1.165, 1.54) is 0 Å². The average Bonchev–Trinajstić information content (AvgIpc) is 2.50. The Hall–Kier alpha value is -1.88. The quantitative estimate of drug-likeness (QED) is 0.846. The van der Waals surface area contributed by atoms with Crippen LogP contribution < -0.4 is 5.32 Å². The number of carboxylic acids is 1. The molecule has 0 aliphatic heterocycles. The number of rotatable bonds is 6. The molecule has 0 heterocycles. The van der Waals surface area contributed by atoms with E-state index in [1.54, 1.807) is 0 Å². The summed E-state index contributed by atoms with van der Waals surface area (Å²) in [6.45, 7) is 2.32. The van der Waals surface area contributed by atoms with Gasteiger partial charge in [0.05, 0.1) is 6.61 Å². The minimum absolute atomic E-state index is 0.126. The highest BCUT2D eigenvalue weighted by atomic mass is 16.5. The first-order valence-corrected chi connectivity index (χ1v) is 7.68. The Labute approximate surface area is 130 Å². The molecule has 0 unspecified atom stereocenters. The topological polar surface area (TPSA) is 75.6 Å². The van der Waals surface area contributed by atoms with Gasteiger partial charge in [-0.3, -0.25) is 4.79 Å². The van der Waals surface area contributed by atoms with Gasteiger partial charge in [0.1, 0.15) is 12.1 Å². The average molecular weight is 305 g/mol. The van der Waals surface area contributed by atoms with Gasteiger partial charge in [0.15, 0.2) is 0 Å². The molecule has 0 spiro atoms. The number of carboxylic acid groups (broad SMARTS) is 1. The Morgan fingerprint density at radius 3 is 2.50 bits per heavy atom. The zero-order chi connectivity index (χ0) is 16.0. The maximum Gasteiger partial charge on any atom is 0.329 e. The van der Waals surface area contributed by atoms with E-state index in [4.69, 9.17) is 4.74 Å². The fourth-order valence-corrected chi connectivity index (χ4v) is 2.79. The Balaban J connectivity index is 1.83. The van der Waals surface area contributed by atoms with E-state index in [1.807, 2.05) is 30.3 Å². The molecule has 0 radical (unpaired) electrons. The lowest BCUT2D eigenvalue weighted by Gasteiger charge is -2.36. The van der Waals surface area contributed by atoms with Crippen molar-refractivity contribution in [2.75, 3.05) is 6.61 Å². The van der Waals surface area contributed by atoms with Gasteiger partial charge in [0.2, 0.25) is 5.91 Å². The summed E-state index contributed by atoms with van der Waals surface area (Å²) in [5.41, 5.74) is -0.144. The van der Waals surface area contributed by atoms with Gasteiger partial charge in [-0.1, -0.05) is 37.3 Å². The molecular formula is C17H23NO4. The highest BCUT2D eigenvalue weighted by molar-refractivity contribution is 5.87. The lowest BCUT2D eigenvalue weighted by molar-refractivity contribution is -0.150. The SMILES string of the molecule is CC1CCC(NC(=O)COCc2ccccc2)(C(=O)O)CC1. The molecule has 0 aromatic heterocycles. The van der Waals surface area contributed by atoms with E-state index >= 15 is 0 Å². The van der Waals surface area contributed by atoms with Crippen LogP contribution >= 0.6 is 0 Å². The van der Waals surface area contributed by atoms with Crippen LogP contribution in [0.5, 0.6) is 0 Å². The Bertz CT molecular complexity index is 507. The largest absolute Gasteiger partial charge is 0.480 e. The number of carbonyl (C=O) groups is 2. The summed E-state index contributed by atoms with van der Waals surface area (Å²) >= 11 is 0. The molecular weight excluding hydrogens is 282 g/mol. The Morgan fingerprint density at radius 2 is 1.91 bits per heavy atom. The van der Waals surface area contributed by atoms with Gasteiger partial charge in [-0.15, -0.1) is 0 Å². The van der Waals surface area contributed by atoms with Gasteiger partial charge in [-0.25, -0.2) is 4.79 Å². The lowest BCUT2D eigenvalue weighted by Crippen LogP contribution is -2.57. The first kappa shape index (κ1) is 16.5. The van der Waals surface area contributed by atoms with Crippen LogP contribution in [-0.2, 0) is 20.9 Å². The molecule has 1 aromatic carbocycles. The van der Waals surface area contributed by atoms with Crippen LogP contribution in [0.1, 0.15) is 38.2 Å². The van der Waals surface area contributed by atoms with E-state index in [0.717, 1.165) is 18.4 Å². The van der Waals surface area contributed by atoms with E-state index in [2.05, 4.69) is 12.2 Å². The van der Waals surface area contributed by atoms with Crippen molar-refractivity contribution >= 4 is 11.9 Å². The maximum atomic E-state index is 12.0. The summed E-state index contributed by atoms with van der Waals surface area (Å²) in [7, 11) is 0.